The number of pyridine rings is 1. The lowest BCUT2D eigenvalue weighted by Gasteiger charge is -2.39. The Hall–Kier alpha value is -2.19. The van der Waals surface area contributed by atoms with Gasteiger partial charge in [-0.15, -0.1) is 0 Å². The van der Waals surface area contributed by atoms with Crippen molar-refractivity contribution in [2.24, 2.45) is 5.92 Å². The van der Waals surface area contributed by atoms with Gasteiger partial charge in [0.25, 0.3) is 0 Å². The van der Waals surface area contributed by atoms with Crippen LogP contribution in [0.1, 0.15) is 19.3 Å². The summed E-state index contributed by atoms with van der Waals surface area (Å²) in [6.45, 7) is 9.34. The predicted octanol–water partition coefficient (Wildman–Crippen LogP) is 0.858. The van der Waals surface area contributed by atoms with Gasteiger partial charge in [0.1, 0.15) is 5.82 Å². The molecule has 1 aromatic rings. The third-order valence-electron chi connectivity index (χ3n) is 6.26. The van der Waals surface area contributed by atoms with Crippen LogP contribution < -0.4 is 10.2 Å². The minimum atomic E-state index is -0.239. The zero-order chi connectivity index (χ0) is 20.1. The van der Waals surface area contributed by atoms with Gasteiger partial charge in [-0.3, -0.25) is 14.6 Å². The molecule has 4 rings (SSSR count). The summed E-state index contributed by atoms with van der Waals surface area (Å²) in [4.78, 5) is 36.6. The van der Waals surface area contributed by atoms with Crippen molar-refractivity contribution in [3.05, 3.63) is 24.4 Å². The molecule has 1 unspecified atom stereocenters. The van der Waals surface area contributed by atoms with E-state index < -0.39 is 0 Å². The van der Waals surface area contributed by atoms with E-state index in [1.807, 2.05) is 12.3 Å². The van der Waals surface area contributed by atoms with Gasteiger partial charge >= 0.3 is 6.03 Å². The maximum Gasteiger partial charge on any atom is 0.324 e. The molecule has 3 aliphatic rings. The van der Waals surface area contributed by atoms with Crippen LogP contribution in [0.2, 0.25) is 0 Å². The highest BCUT2D eigenvalue weighted by molar-refractivity contribution is 6.01. The Morgan fingerprint density at radius 1 is 1.03 bits per heavy atom. The van der Waals surface area contributed by atoms with Crippen LogP contribution >= 0.6 is 0 Å². The molecule has 0 radical (unpaired) electrons. The fourth-order valence-electron chi connectivity index (χ4n) is 4.70. The highest BCUT2D eigenvalue weighted by Crippen LogP contribution is 2.20. The van der Waals surface area contributed by atoms with Crippen molar-refractivity contribution in [1.29, 1.82) is 0 Å². The Balaban J connectivity index is 1.17. The largest absolute Gasteiger partial charge is 0.354 e. The Morgan fingerprint density at radius 3 is 2.62 bits per heavy atom. The number of nitrogens with one attached hydrogen (secondary N) is 1. The number of imide groups is 1. The van der Waals surface area contributed by atoms with Crippen LogP contribution in [0.3, 0.4) is 0 Å². The Kier molecular flexibility index (Phi) is 6.61. The first-order chi connectivity index (χ1) is 14.2. The van der Waals surface area contributed by atoms with Crippen LogP contribution in [0.4, 0.5) is 10.6 Å². The van der Waals surface area contributed by atoms with E-state index in [0.717, 1.165) is 58.1 Å². The fraction of sp³-hybridized carbons (Fsp3) is 0.667. The van der Waals surface area contributed by atoms with Crippen LogP contribution in [-0.4, -0.2) is 97.1 Å². The highest BCUT2D eigenvalue weighted by Gasteiger charge is 2.28. The highest BCUT2D eigenvalue weighted by atomic mass is 16.2. The SMILES string of the molecule is O=C1CNC(=O)N1CCCN1CCCC(CN2CCN(c3ccccn3)CC2)C1. The smallest absolute Gasteiger partial charge is 0.324 e. The summed E-state index contributed by atoms with van der Waals surface area (Å²) in [5, 5.41) is 2.58. The predicted molar refractivity (Wildman–Crippen MR) is 112 cm³/mol. The van der Waals surface area contributed by atoms with Crippen LogP contribution in [0.5, 0.6) is 0 Å². The lowest BCUT2D eigenvalue weighted by atomic mass is 9.97. The number of carbonyl (C=O) groups is 2. The van der Waals surface area contributed by atoms with Crippen LogP contribution in [0, 0.1) is 5.92 Å². The molecule has 3 amide bonds. The van der Waals surface area contributed by atoms with E-state index >= 15 is 0 Å². The van der Waals surface area contributed by atoms with Gasteiger partial charge in [0.05, 0.1) is 6.54 Å². The number of aromatic nitrogens is 1. The van der Waals surface area contributed by atoms with Gasteiger partial charge in [0.15, 0.2) is 0 Å². The van der Waals surface area contributed by atoms with Crippen molar-refractivity contribution >= 4 is 17.8 Å². The number of piperazine rings is 1. The third-order valence-corrected chi connectivity index (χ3v) is 6.26. The normalized spacial score (nSPS) is 24.2. The zero-order valence-corrected chi connectivity index (χ0v) is 17.1. The van der Waals surface area contributed by atoms with Crippen molar-refractivity contribution in [3.8, 4) is 0 Å². The second-order valence-corrected chi connectivity index (χ2v) is 8.34. The lowest BCUT2D eigenvalue weighted by Crippen LogP contribution is -2.50. The molecule has 0 spiro atoms. The number of anilines is 1. The average molecular weight is 401 g/mol. The number of piperidine rings is 1. The second-order valence-electron chi connectivity index (χ2n) is 8.34. The summed E-state index contributed by atoms with van der Waals surface area (Å²) in [6, 6.07) is 5.87. The number of rotatable bonds is 7. The van der Waals surface area contributed by atoms with Crippen molar-refractivity contribution in [2.45, 2.75) is 19.3 Å². The van der Waals surface area contributed by atoms with E-state index in [-0.39, 0.29) is 18.5 Å². The van der Waals surface area contributed by atoms with Gasteiger partial charge in [-0.1, -0.05) is 6.07 Å². The molecule has 158 valence electrons. The molecule has 8 nitrogen and oxygen atoms in total. The molecule has 0 aliphatic carbocycles. The first kappa shape index (κ1) is 20.1. The average Bonchev–Trinajstić information content (AvgIpc) is 3.07. The van der Waals surface area contributed by atoms with Crippen LogP contribution in [0.25, 0.3) is 0 Å². The lowest BCUT2D eigenvalue weighted by molar-refractivity contribution is -0.125. The number of amides is 3. The van der Waals surface area contributed by atoms with Gasteiger partial charge in [-0.05, 0) is 50.4 Å². The summed E-state index contributed by atoms with van der Waals surface area (Å²) in [6.07, 6.45) is 5.25. The van der Waals surface area contributed by atoms with E-state index in [0.29, 0.717) is 12.5 Å². The zero-order valence-electron chi connectivity index (χ0n) is 17.1. The van der Waals surface area contributed by atoms with Crippen LogP contribution in [-0.2, 0) is 4.79 Å². The minimum absolute atomic E-state index is 0.101. The van der Waals surface area contributed by atoms with Crippen molar-refractivity contribution in [2.75, 3.05) is 70.3 Å². The number of nitrogens with zero attached hydrogens (tertiary/aromatic N) is 5. The molecular weight excluding hydrogens is 368 g/mol. The molecule has 0 bridgehead atoms. The second kappa shape index (κ2) is 9.54. The summed E-state index contributed by atoms with van der Waals surface area (Å²) in [7, 11) is 0. The first-order valence-corrected chi connectivity index (χ1v) is 10.9. The van der Waals surface area contributed by atoms with Crippen LogP contribution in [0.15, 0.2) is 24.4 Å². The van der Waals surface area contributed by atoms with Gasteiger partial charge in [0, 0.05) is 52.0 Å². The minimum Gasteiger partial charge on any atom is -0.354 e. The van der Waals surface area contributed by atoms with E-state index in [9.17, 15) is 9.59 Å². The first-order valence-electron chi connectivity index (χ1n) is 10.9. The number of carbonyl (C=O) groups excluding carboxylic acids is 2. The monoisotopic (exact) mass is 400 g/mol. The van der Waals surface area contributed by atoms with E-state index in [1.54, 1.807) is 0 Å². The third kappa shape index (κ3) is 5.25. The van der Waals surface area contributed by atoms with E-state index in [2.05, 4.69) is 37.1 Å². The molecule has 8 heteroatoms. The Bertz CT molecular complexity index is 676. The molecular formula is C21H32N6O2. The van der Waals surface area contributed by atoms with Gasteiger partial charge < -0.3 is 15.1 Å². The Morgan fingerprint density at radius 2 is 1.90 bits per heavy atom. The summed E-state index contributed by atoms with van der Waals surface area (Å²) in [5.74, 6) is 1.69. The number of hydrogen-bond acceptors (Lipinski definition) is 6. The molecule has 3 fully saturated rings. The van der Waals surface area contributed by atoms with Gasteiger partial charge in [0.2, 0.25) is 5.91 Å². The molecule has 1 aromatic heterocycles. The molecule has 3 aliphatic heterocycles. The molecule has 1 atom stereocenters. The molecule has 29 heavy (non-hydrogen) atoms. The molecule has 3 saturated heterocycles. The van der Waals surface area contributed by atoms with Crippen molar-refractivity contribution in [3.63, 3.8) is 0 Å². The topological polar surface area (TPSA) is 72.0 Å². The maximum atomic E-state index is 11.7. The maximum absolute atomic E-state index is 11.7. The van der Waals surface area contributed by atoms with E-state index in [1.165, 1.54) is 24.3 Å². The summed E-state index contributed by atoms with van der Waals surface area (Å²) < 4.78 is 0. The number of hydrogen-bond donors (Lipinski definition) is 1. The molecule has 0 aromatic carbocycles. The molecule has 0 saturated carbocycles. The van der Waals surface area contributed by atoms with E-state index in [4.69, 9.17) is 0 Å². The van der Waals surface area contributed by atoms with Gasteiger partial charge in [-0.2, -0.15) is 0 Å². The quantitative estimate of drug-likeness (QED) is 0.685. The number of urea groups is 1. The van der Waals surface area contributed by atoms with Gasteiger partial charge in [-0.25, -0.2) is 9.78 Å². The molecule has 4 heterocycles. The fourth-order valence-corrected chi connectivity index (χ4v) is 4.70. The standard InChI is InChI=1S/C21H32N6O2/c28-20-15-23-21(29)27(20)10-4-9-24-8-3-5-18(16-24)17-25-11-13-26(14-12-25)19-6-1-2-7-22-19/h1-2,6-7,18H,3-5,8-17H2,(H,23,29). The summed E-state index contributed by atoms with van der Waals surface area (Å²) >= 11 is 0. The summed E-state index contributed by atoms with van der Waals surface area (Å²) in [5.41, 5.74) is 0. The Labute approximate surface area is 172 Å². The van der Waals surface area contributed by atoms with Crippen molar-refractivity contribution in [1.82, 2.24) is 25.0 Å². The van der Waals surface area contributed by atoms with Crippen molar-refractivity contribution < 1.29 is 9.59 Å². The molecule has 1 N–H and O–H groups in total. The number of likely N-dealkylation sites (tertiary alicyclic amines) is 1.